The fraction of sp³-hybridized carbons (Fsp3) is 0.478. The molecule has 1 aliphatic rings. The van der Waals surface area contributed by atoms with Crippen LogP contribution in [0, 0.1) is 0 Å². The number of halogens is 7. The fourth-order valence-electron chi connectivity index (χ4n) is 3.77. The summed E-state index contributed by atoms with van der Waals surface area (Å²) in [5.41, 5.74) is -1.81. The number of aromatic nitrogens is 3. The zero-order valence-corrected chi connectivity index (χ0v) is 25.0. The molecule has 2 N–H and O–H groups in total. The first kappa shape index (κ1) is 32.5. The maximum Gasteiger partial charge on any atom is 0.404 e. The van der Waals surface area contributed by atoms with Gasteiger partial charge in [0.05, 0.1) is 14.9 Å². The lowest BCUT2D eigenvalue weighted by molar-refractivity contribution is -0.147. The van der Waals surface area contributed by atoms with Crippen molar-refractivity contribution in [3.8, 4) is 21.3 Å². The summed E-state index contributed by atoms with van der Waals surface area (Å²) in [5.74, 6) is -3.99. The van der Waals surface area contributed by atoms with Crippen LogP contribution in [0.5, 0.6) is 0 Å². The number of aliphatic hydroxyl groups is 1. The van der Waals surface area contributed by atoms with Gasteiger partial charge in [0.15, 0.2) is 5.01 Å². The largest absolute Gasteiger partial charge is 0.404 e. The average molecular weight is 678 g/mol. The Balaban J connectivity index is 1.80. The third kappa shape index (κ3) is 6.70. The minimum atomic E-state index is -4.88. The number of thiazole rings is 1. The van der Waals surface area contributed by atoms with Gasteiger partial charge in [0, 0.05) is 31.5 Å². The molecule has 0 saturated carbocycles. The number of nitrogens with one attached hydrogen (secondary N) is 1. The summed E-state index contributed by atoms with van der Waals surface area (Å²) in [7, 11) is -4.80. The normalized spacial score (nSPS) is 17.0. The molecule has 1 atom stereocenters. The lowest BCUT2D eigenvalue weighted by Crippen LogP contribution is -2.43. The number of rotatable bonds is 7. The van der Waals surface area contributed by atoms with Crippen molar-refractivity contribution < 1.29 is 44.8 Å². The standard InChI is InChI=1S/C23H22Cl2F5N5O5S2/c1-10(23(28,29)30)34-42(38,39)12-5-4-11(13(24)14(12)25)16-15(19(36)35-8-6-22(26,27)7-9-35)31-18(41-16)17-32-20(40-33-17)21(2,3)37/h4-5,10,34,37H,6-9H2,1-3H3/t10-/m0/s1. The van der Waals surface area contributed by atoms with Crippen LogP contribution in [-0.2, 0) is 15.6 Å². The molecule has 2 aromatic heterocycles. The van der Waals surface area contributed by atoms with E-state index in [0.717, 1.165) is 28.4 Å². The first-order valence-electron chi connectivity index (χ1n) is 12.0. The summed E-state index contributed by atoms with van der Waals surface area (Å²) >= 11 is 13.4. The van der Waals surface area contributed by atoms with Gasteiger partial charge in [-0.3, -0.25) is 4.79 Å². The number of sulfonamides is 1. The second-order valence-corrected chi connectivity index (χ2v) is 13.4. The van der Waals surface area contributed by atoms with Crippen LogP contribution in [0.15, 0.2) is 21.6 Å². The Morgan fingerprint density at radius 2 is 1.79 bits per heavy atom. The highest BCUT2D eigenvalue weighted by Crippen LogP contribution is 2.44. The van der Waals surface area contributed by atoms with Gasteiger partial charge in [-0.2, -0.15) is 22.9 Å². The predicted molar refractivity (Wildman–Crippen MR) is 142 cm³/mol. The molecule has 0 spiro atoms. The summed E-state index contributed by atoms with van der Waals surface area (Å²) in [6, 6.07) is -0.408. The molecule has 1 fully saturated rings. The van der Waals surface area contributed by atoms with Gasteiger partial charge in [0.1, 0.15) is 22.2 Å². The Morgan fingerprint density at radius 3 is 2.33 bits per heavy atom. The summed E-state index contributed by atoms with van der Waals surface area (Å²) in [5, 5.41) is 12.9. The first-order chi connectivity index (χ1) is 19.2. The third-order valence-electron chi connectivity index (χ3n) is 6.16. The molecular formula is C23H22Cl2F5N5O5S2. The van der Waals surface area contributed by atoms with Crippen molar-refractivity contribution in [3.05, 3.63) is 33.8 Å². The molecule has 0 bridgehead atoms. The van der Waals surface area contributed by atoms with Crippen LogP contribution in [0.1, 0.15) is 50.0 Å². The monoisotopic (exact) mass is 677 g/mol. The number of likely N-dealkylation sites (tertiary alicyclic amines) is 1. The topological polar surface area (TPSA) is 139 Å². The Morgan fingerprint density at radius 1 is 1.17 bits per heavy atom. The van der Waals surface area contributed by atoms with Crippen molar-refractivity contribution >= 4 is 50.5 Å². The fourth-order valence-corrected chi connectivity index (χ4v) is 6.93. The quantitative estimate of drug-likeness (QED) is 0.313. The Bertz CT molecular complexity index is 1610. The minimum Gasteiger partial charge on any atom is -0.381 e. The van der Waals surface area contributed by atoms with Gasteiger partial charge in [-0.15, -0.1) is 11.3 Å². The van der Waals surface area contributed by atoms with Gasteiger partial charge in [-0.25, -0.2) is 22.2 Å². The minimum absolute atomic E-state index is 0.000467. The van der Waals surface area contributed by atoms with E-state index < -0.39 is 67.5 Å². The van der Waals surface area contributed by atoms with Crippen molar-refractivity contribution in [2.75, 3.05) is 13.1 Å². The number of amides is 1. The van der Waals surface area contributed by atoms with Gasteiger partial charge in [0.2, 0.25) is 15.8 Å². The molecule has 1 aliphatic heterocycles. The molecule has 0 aliphatic carbocycles. The van der Waals surface area contributed by atoms with Crippen LogP contribution in [0.25, 0.3) is 21.3 Å². The molecule has 1 aromatic carbocycles. The van der Waals surface area contributed by atoms with E-state index in [-0.39, 0.29) is 45.9 Å². The predicted octanol–water partition coefficient (Wildman–Crippen LogP) is 5.49. The maximum absolute atomic E-state index is 13.7. The van der Waals surface area contributed by atoms with Gasteiger partial charge >= 0.3 is 6.18 Å². The first-order valence-corrected chi connectivity index (χ1v) is 15.1. The number of alkyl halides is 5. The number of hydrogen-bond acceptors (Lipinski definition) is 9. The molecule has 10 nitrogen and oxygen atoms in total. The second kappa shape index (κ2) is 11.2. The van der Waals surface area contributed by atoms with Gasteiger partial charge in [-0.1, -0.05) is 34.4 Å². The van der Waals surface area contributed by atoms with Gasteiger partial charge < -0.3 is 14.5 Å². The summed E-state index contributed by atoms with van der Waals surface area (Å²) in [4.78, 5) is 22.3. The summed E-state index contributed by atoms with van der Waals surface area (Å²) in [6.07, 6.45) is -6.03. The molecule has 1 saturated heterocycles. The van der Waals surface area contributed by atoms with Gasteiger partial charge in [0.25, 0.3) is 17.7 Å². The Kier molecular flexibility index (Phi) is 8.69. The van der Waals surface area contributed by atoms with Crippen LogP contribution in [0.2, 0.25) is 10.0 Å². The molecule has 0 unspecified atom stereocenters. The molecule has 19 heteroatoms. The van der Waals surface area contributed by atoms with E-state index in [4.69, 9.17) is 27.7 Å². The molecule has 1 amide bonds. The molecule has 42 heavy (non-hydrogen) atoms. The average Bonchev–Trinajstić information content (AvgIpc) is 3.52. The lowest BCUT2D eigenvalue weighted by Gasteiger charge is -2.31. The molecular weight excluding hydrogens is 656 g/mol. The summed E-state index contributed by atoms with van der Waals surface area (Å²) < 4.78 is 98.4. The second-order valence-electron chi connectivity index (χ2n) is 9.95. The van der Waals surface area contributed by atoms with E-state index >= 15 is 0 Å². The van der Waals surface area contributed by atoms with E-state index in [1.54, 1.807) is 0 Å². The van der Waals surface area contributed by atoms with Crippen molar-refractivity contribution in [2.45, 2.75) is 62.3 Å². The highest BCUT2D eigenvalue weighted by Gasteiger charge is 2.40. The Labute approximate surface area is 249 Å². The number of carbonyl (C=O) groups excluding carboxylic acids is 1. The SMILES string of the molecule is C[C@H](NS(=O)(=O)c1ccc(-c2sc(-c3noc(C(C)(C)O)n3)nc2C(=O)N2CCC(F)(F)CC2)c(Cl)c1Cl)C(F)(F)F. The number of hydrogen-bond donors (Lipinski definition) is 2. The molecule has 3 aromatic rings. The third-order valence-corrected chi connectivity index (χ3v) is 9.82. The zero-order chi connectivity index (χ0) is 31.4. The van der Waals surface area contributed by atoms with Gasteiger partial charge in [-0.05, 0) is 26.8 Å². The number of carbonyl (C=O) groups is 1. The van der Waals surface area contributed by atoms with Crippen LogP contribution in [0.3, 0.4) is 0 Å². The van der Waals surface area contributed by atoms with E-state index in [1.807, 2.05) is 0 Å². The van der Waals surface area contributed by atoms with Crippen LogP contribution < -0.4 is 4.72 Å². The maximum atomic E-state index is 13.7. The highest BCUT2D eigenvalue weighted by molar-refractivity contribution is 7.89. The molecule has 4 rings (SSSR count). The Hall–Kier alpha value is -2.44. The van der Waals surface area contributed by atoms with Crippen LogP contribution in [-0.4, -0.2) is 70.7 Å². The van der Waals surface area contributed by atoms with E-state index in [1.165, 1.54) is 18.6 Å². The van der Waals surface area contributed by atoms with Crippen molar-refractivity contribution in [3.63, 3.8) is 0 Å². The smallest absolute Gasteiger partial charge is 0.381 e. The number of benzene rings is 1. The molecule has 230 valence electrons. The molecule has 3 heterocycles. The number of nitrogens with zero attached hydrogens (tertiary/aromatic N) is 4. The van der Waals surface area contributed by atoms with E-state index in [0.29, 0.717) is 6.92 Å². The van der Waals surface area contributed by atoms with Crippen molar-refractivity contribution in [2.24, 2.45) is 0 Å². The lowest BCUT2D eigenvalue weighted by atomic mass is 10.1. The van der Waals surface area contributed by atoms with Crippen LogP contribution >= 0.6 is 34.5 Å². The van der Waals surface area contributed by atoms with Crippen LogP contribution in [0.4, 0.5) is 22.0 Å². The molecule has 0 radical (unpaired) electrons. The highest BCUT2D eigenvalue weighted by atomic mass is 35.5. The van der Waals surface area contributed by atoms with Crippen molar-refractivity contribution in [1.82, 2.24) is 24.7 Å². The zero-order valence-electron chi connectivity index (χ0n) is 21.9. The van der Waals surface area contributed by atoms with E-state index in [2.05, 4.69) is 15.1 Å². The van der Waals surface area contributed by atoms with Crippen molar-refractivity contribution in [1.29, 1.82) is 0 Å². The summed E-state index contributed by atoms with van der Waals surface area (Å²) in [6.45, 7) is 2.83. The van der Waals surface area contributed by atoms with E-state index in [9.17, 15) is 40.3 Å². The number of piperidine rings is 1.